The molecule has 2 rings (SSSR count). The lowest BCUT2D eigenvalue weighted by atomic mass is 10.3. The highest BCUT2D eigenvalue weighted by molar-refractivity contribution is 7.89. The highest BCUT2D eigenvalue weighted by atomic mass is 32.2. The molecule has 0 N–H and O–H groups in total. The first-order chi connectivity index (χ1) is 10.4. The van der Waals surface area contributed by atoms with Crippen LogP contribution in [0.15, 0.2) is 23.1 Å². The van der Waals surface area contributed by atoms with Crippen molar-refractivity contribution in [3.05, 3.63) is 18.2 Å². The second-order valence-corrected chi connectivity index (χ2v) is 6.99. The van der Waals surface area contributed by atoms with E-state index in [1.54, 1.807) is 17.0 Å². The zero-order chi connectivity index (χ0) is 16.3. The van der Waals surface area contributed by atoms with Gasteiger partial charge in [0.1, 0.15) is 16.4 Å². The monoisotopic (exact) mass is 325 g/mol. The molecule has 0 unspecified atom stereocenters. The molecule has 8 heteroatoms. The average Bonchev–Trinajstić information content (AvgIpc) is 3.02. The van der Waals surface area contributed by atoms with Crippen molar-refractivity contribution in [2.75, 3.05) is 34.4 Å². The van der Waals surface area contributed by atoms with Gasteiger partial charge in [0, 0.05) is 32.2 Å². The van der Waals surface area contributed by atoms with Crippen LogP contribution in [-0.2, 0) is 10.0 Å². The molecule has 1 saturated heterocycles. The zero-order valence-electron chi connectivity index (χ0n) is 12.8. The van der Waals surface area contributed by atoms with Crippen LogP contribution in [0.1, 0.15) is 6.42 Å². The summed E-state index contributed by atoms with van der Waals surface area (Å²) in [5.74, 6) is 0.709. The van der Waals surface area contributed by atoms with Gasteiger partial charge in [0.05, 0.1) is 14.2 Å². The van der Waals surface area contributed by atoms with Crippen molar-refractivity contribution in [2.24, 2.45) is 0 Å². The number of rotatable bonds is 5. The Labute approximate surface area is 130 Å². The van der Waals surface area contributed by atoms with E-state index in [1.807, 2.05) is 6.19 Å². The SMILES string of the molecule is COc1ccc(OC)c(S(=O)(=O)N(C)[C@@H]2CCN(C#N)C2)c1. The molecule has 0 saturated carbocycles. The van der Waals surface area contributed by atoms with E-state index in [1.165, 1.54) is 31.6 Å². The van der Waals surface area contributed by atoms with Crippen molar-refractivity contribution in [2.45, 2.75) is 17.4 Å². The predicted molar refractivity (Wildman–Crippen MR) is 80.1 cm³/mol. The molecular formula is C14H19N3O4S. The van der Waals surface area contributed by atoms with Gasteiger partial charge in [-0.05, 0) is 18.6 Å². The van der Waals surface area contributed by atoms with Crippen LogP contribution in [-0.4, -0.2) is 58.0 Å². The lowest BCUT2D eigenvalue weighted by molar-refractivity contribution is 0.357. The van der Waals surface area contributed by atoms with Gasteiger partial charge < -0.3 is 14.4 Å². The third kappa shape index (κ3) is 2.96. The van der Waals surface area contributed by atoms with Gasteiger partial charge in [-0.3, -0.25) is 0 Å². The zero-order valence-corrected chi connectivity index (χ0v) is 13.6. The fourth-order valence-electron chi connectivity index (χ4n) is 2.47. The summed E-state index contributed by atoms with van der Waals surface area (Å²) in [7, 11) is 0.691. The number of methoxy groups -OCH3 is 2. The lowest BCUT2D eigenvalue weighted by Gasteiger charge is -2.24. The van der Waals surface area contributed by atoms with E-state index >= 15 is 0 Å². The topological polar surface area (TPSA) is 82.9 Å². The van der Waals surface area contributed by atoms with Crippen LogP contribution in [0.5, 0.6) is 11.5 Å². The summed E-state index contributed by atoms with van der Waals surface area (Å²) in [5, 5.41) is 8.91. The standard InChI is InChI=1S/C14H19N3O4S/c1-16(11-6-7-17(9-11)10-15)22(18,19)14-8-12(20-2)4-5-13(14)21-3/h4-5,8,11H,6-7,9H2,1-3H3/t11-/m1/s1. The third-order valence-electron chi connectivity index (χ3n) is 3.85. The Hall–Kier alpha value is -1.98. The van der Waals surface area contributed by atoms with Crippen LogP contribution >= 0.6 is 0 Å². The van der Waals surface area contributed by atoms with E-state index in [9.17, 15) is 8.42 Å². The second kappa shape index (κ2) is 6.42. The number of benzene rings is 1. The number of hydrogen-bond acceptors (Lipinski definition) is 6. The molecule has 0 amide bonds. The minimum absolute atomic E-state index is 0.0623. The smallest absolute Gasteiger partial charge is 0.246 e. The number of sulfonamides is 1. The van der Waals surface area contributed by atoms with Crippen LogP contribution in [0.2, 0.25) is 0 Å². The molecule has 1 aromatic rings. The fourth-order valence-corrected chi connectivity index (χ4v) is 4.01. The number of ether oxygens (including phenoxy) is 2. The summed E-state index contributed by atoms with van der Waals surface area (Å²) in [6.45, 7) is 0.967. The molecular weight excluding hydrogens is 306 g/mol. The summed E-state index contributed by atoms with van der Waals surface area (Å²) in [4.78, 5) is 1.62. The minimum Gasteiger partial charge on any atom is -0.497 e. The van der Waals surface area contributed by atoms with Crippen LogP contribution in [0.25, 0.3) is 0 Å². The number of nitrogens with zero attached hydrogens (tertiary/aromatic N) is 3. The maximum absolute atomic E-state index is 12.9. The first kappa shape index (κ1) is 16.4. The van der Waals surface area contributed by atoms with E-state index in [0.29, 0.717) is 25.3 Å². The Kier molecular flexibility index (Phi) is 4.78. The van der Waals surface area contributed by atoms with Crippen LogP contribution in [0.3, 0.4) is 0 Å². The van der Waals surface area contributed by atoms with Crippen molar-refractivity contribution in [3.63, 3.8) is 0 Å². The summed E-state index contributed by atoms with van der Waals surface area (Å²) in [6.07, 6.45) is 2.67. The van der Waals surface area contributed by atoms with E-state index in [2.05, 4.69) is 0 Å². The molecule has 120 valence electrons. The van der Waals surface area contributed by atoms with Gasteiger partial charge in [0.2, 0.25) is 10.0 Å². The average molecular weight is 325 g/mol. The molecule has 0 spiro atoms. The number of hydrogen-bond donors (Lipinski definition) is 0. The molecule has 0 aliphatic carbocycles. The van der Waals surface area contributed by atoms with Crippen molar-refractivity contribution >= 4 is 10.0 Å². The molecule has 0 radical (unpaired) electrons. The molecule has 22 heavy (non-hydrogen) atoms. The molecule has 1 atom stereocenters. The Morgan fingerprint density at radius 2 is 2.09 bits per heavy atom. The molecule has 1 aliphatic heterocycles. The second-order valence-electron chi connectivity index (χ2n) is 5.03. The maximum atomic E-state index is 12.9. The summed E-state index contributed by atoms with van der Waals surface area (Å²) >= 11 is 0. The fraction of sp³-hybridized carbons (Fsp3) is 0.500. The molecule has 1 aliphatic rings. The Morgan fingerprint density at radius 1 is 1.36 bits per heavy atom. The Balaban J connectivity index is 2.36. The number of likely N-dealkylation sites (N-methyl/N-ethyl adjacent to an activating group) is 1. The molecule has 0 aromatic heterocycles. The summed E-state index contributed by atoms with van der Waals surface area (Å²) in [6, 6.07) is 4.42. The molecule has 1 heterocycles. The molecule has 0 bridgehead atoms. The predicted octanol–water partition coefficient (Wildman–Crippen LogP) is 0.880. The molecule has 7 nitrogen and oxygen atoms in total. The van der Waals surface area contributed by atoms with Crippen LogP contribution < -0.4 is 9.47 Å². The van der Waals surface area contributed by atoms with Gasteiger partial charge in [0.25, 0.3) is 0 Å². The van der Waals surface area contributed by atoms with Gasteiger partial charge in [-0.2, -0.15) is 9.57 Å². The maximum Gasteiger partial charge on any atom is 0.246 e. The van der Waals surface area contributed by atoms with Crippen molar-refractivity contribution in [3.8, 4) is 17.7 Å². The van der Waals surface area contributed by atoms with Gasteiger partial charge in [-0.1, -0.05) is 0 Å². The van der Waals surface area contributed by atoms with E-state index in [-0.39, 0.29) is 16.7 Å². The molecule has 1 aromatic carbocycles. The van der Waals surface area contributed by atoms with Crippen LogP contribution in [0, 0.1) is 11.5 Å². The quantitative estimate of drug-likeness (QED) is 0.747. The third-order valence-corrected chi connectivity index (χ3v) is 5.78. The van der Waals surface area contributed by atoms with Gasteiger partial charge in [-0.15, -0.1) is 0 Å². The normalized spacial score (nSPS) is 18.3. The van der Waals surface area contributed by atoms with Crippen LogP contribution in [0.4, 0.5) is 0 Å². The lowest BCUT2D eigenvalue weighted by Crippen LogP contribution is -2.38. The largest absolute Gasteiger partial charge is 0.497 e. The Bertz CT molecular complexity index is 684. The Morgan fingerprint density at radius 3 is 2.64 bits per heavy atom. The highest BCUT2D eigenvalue weighted by Crippen LogP contribution is 2.31. The van der Waals surface area contributed by atoms with Crippen molar-refractivity contribution < 1.29 is 17.9 Å². The van der Waals surface area contributed by atoms with E-state index in [4.69, 9.17) is 14.7 Å². The summed E-state index contributed by atoms with van der Waals surface area (Å²) in [5.41, 5.74) is 0. The van der Waals surface area contributed by atoms with Gasteiger partial charge >= 0.3 is 0 Å². The van der Waals surface area contributed by atoms with Crippen molar-refractivity contribution in [1.29, 1.82) is 5.26 Å². The highest BCUT2D eigenvalue weighted by Gasteiger charge is 2.34. The van der Waals surface area contributed by atoms with Crippen molar-refractivity contribution in [1.82, 2.24) is 9.21 Å². The first-order valence-electron chi connectivity index (χ1n) is 6.78. The first-order valence-corrected chi connectivity index (χ1v) is 8.22. The number of likely N-dealkylation sites (tertiary alicyclic amines) is 1. The van der Waals surface area contributed by atoms with E-state index in [0.717, 1.165) is 0 Å². The van der Waals surface area contributed by atoms with Gasteiger partial charge in [-0.25, -0.2) is 8.42 Å². The number of nitriles is 1. The minimum atomic E-state index is -3.74. The van der Waals surface area contributed by atoms with E-state index < -0.39 is 10.0 Å². The molecule has 1 fully saturated rings. The summed E-state index contributed by atoms with van der Waals surface area (Å²) < 4.78 is 37.3. The van der Waals surface area contributed by atoms with Gasteiger partial charge in [0.15, 0.2) is 6.19 Å².